The van der Waals surface area contributed by atoms with Gasteiger partial charge in [-0.15, -0.1) is 0 Å². The monoisotopic (exact) mass is 270 g/mol. The number of nitrogens with zero attached hydrogens (tertiary/aromatic N) is 2. The Morgan fingerprint density at radius 2 is 1.89 bits per heavy atom. The summed E-state index contributed by atoms with van der Waals surface area (Å²) in [6, 6.07) is 0. The lowest BCUT2D eigenvalue weighted by molar-refractivity contribution is -0.144. The average molecular weight is 270 g/mol. The number of hydrogen-bond acceptors (Lipinski definition) is 4. The van der Waals surface area contributed by atoms with E-state index in [9.17, 15) is 9.90 Å². The Hall–Kier alpha value is -0.650. The molecule has 1 aliphatic heterocycles. The Balaban J connectivity index is 1.68. The molecule has 1 heterocycles. The van der Waals surface area contributed by atoms with Crippen molar-refractivity contribution in [2.24, 2.45) is 5.92 Å². The van der Waals surface area contributed by atoms with Gasteiger partial charge in [0.2, 0.25) is 0 Å². The lowest BCUT2D eigenvalue weighted by Gasteiger charge is -2.36. The lowest BCUT2D eigenvalue weighted by Crippen LogP contribution is -2.52. The first-order chi connectivity index (χ1) is 9.06. The summed E-state index contributed by atoms with van der Waals surface area (Å²) in [5.41, 5.74) is 0. The summed E-state index contributed by atoms with van der Waals surface area (Å²) >= 11 is 0. The summed E-state index contributed by atoms with van der Waals surface area (Å²) in [6.45, 7) is 8.23. The van der Waals surface area contributed by atoms with Crippen LogP contribution in [0.5, 0.6) is 0 Å². The highest BCUT2D eigenvalue weighted by atomic mass is 16.5. The number of piperazine rings is 1. The summed E-state index contributed by atoms with van der Waals surface area (Å²) in [5.74, 6) is 0.801. The molecular formula is C14H26N2O3. The Morgan fingerprint density at radius 3 is 2.42 bits per heavy atom. The highest BCUT2D eigenvalue weighted by Crippen LogP contribution is 2.29. The Morgan fingerprint density at radius 1 is 1.26 bits per heavy atom. The fourth-order valence-corrected chi connectivity index (χ4v) is 2.42. The van der Waals surface area contributed by atoms with E-state index in [1.807, 2.05) is 11.8 Å². The quantitative estimate of drug-likeness (QED) is 0.755. The zero-order chi connectivity index (χ0) is 13.8. The maximum atomic E-state index is 12.2. The number of carbonyl (C=O) groups excluding carboxylic acids is 1. The van der Waals surface area contributed by atoms with E-state index in [-0.39, 0.29) is 18.1 Å². The highest BCUT2D eigenvalue weighted by Gasteiger charge is 2.28. The molecule has 0 spiro atoms. The lowest BCUT2D eigenvalue weighted by atomic mass is 10.2. The molecule has 0 radical (unpaired) electrons. The van der Waals surface area contributed by atoms with Gasteiger partial charge in [0, 0.05) is 32.7 Å². The van der Waals surface area contributed by atoms with Crippen LogP contribution in [0.25, 0.3) is 0 Å². The Labute approximate surface area is 115 Å². The Kier molecular flexibility index (Phi) is 5.19. The molecule has 0 aromatic rings. The van der Waals surface area contributed by atoms with Crippen molar-refractivity contribution in [1.82, 2.24) is 9.80 Å². The van der Waals surface area contributed by atoms with Crippen molar-refractivity contribution in [3.05, 3.63) is 0 Å². The molecule has 1 amide bonds. The average Bonchev–Trinajstić information content (AvgIpc) is 3.19. The Bertz CT molecular complexity index is 297. The maximum absolute atomic E-state index is 12.2. The van der Waals surface area contributed by atoms with E-state index in [4.69, 9.17) is 4.74 Å². The summed E-state index contributed by atoms with van der Waals surface area (Å²) < 4.78 is 5.63. The van der Waals surface area contributed by atoms with E-state index in [1.165, 1.54) is 12.8 Å². The molecule has 19 heavy (non-hydrogen) atoms. The molecule has 5 heteroatoms. The number of amides is 1. The van der Waals surface area contributed by atoms with Gasteiger partial charge in [-0.25, -0.2) is 0 Å². The standard InChI is InChI=1S/C14H26N2O3/c1-11(17)9-15-5-7-16(8-6-15)14(18)12(2)19-10-13-3-4-13/h11-13,17H,3-10H2,1-2H3/t11-,12+/m0/s1. The molecule has 0 bridgehead atoms. The molecule has 1 saturated heterocycles. The van der Waals surface area contributed by atoms with E-state index >= 15 is 0 Å². The summed E-state index contributed by atoms with van der Waals surface area (Å²) in [7, 11) is 0. The van der Waals surface area contributed by atoms with E-state index < -0.39 is 0 Å². The number of rotatable bonds is 6. The van der Waals surface area contributed by atoms with Gasteiger partial charge in [0.25, 0.3) is 5.91 Å². The van der Waals surface area contributed by atoms with E-state index in [1.54, 1.807) is 6.92 Å². The predicted octanol–water partition coefficient (Wildman–Crippen LogP) is 0.327. The smallest absolute Gasteiger partial charge is 0.251 e. The van der Waals surface area contributed by atoms with Crippen molar-refractivity contribution in [3.63, 3.8) is 0 Å². The third kappa shape index (κ3) is 4.75. The van der Waals surface area contributed by atoms with Gasteiger partial charge in [-0.3, -0.25) is 9.69 Å². The largest absolute Gasteiger partial charge is 0.392 e. The second-order valence-corrected chi connectivity index (χ2v) is 5.89. The van der Waals surface area contributed by atoms with Gasteiger partial charge in [-0.1, -0.05) is 0 Å². The molecular weight excluding hydrogens is 244 g/mol. The molecule has 2 aliphatic rings. The zero-order valence-corrected chi connectivity index (χ0v) is 12.0. The third-order valence-electron chi connectivity index (χ3n) is 3.83. The fourth-order valence-electron chi connectivity index (χ4n) is 2.42. The molecule has 110 valence electrons. The first kappa shape index (κ1) is 14.8. The van der Waals surface area contributed by atoms with Gasteiger partial charge in [-0.05, 0) is 32.6 Å². The first-order valence-electron chi connectivity index (χ1n) is 7.37. The number of carbonyl (C=O) groups is 1. The van der Waals surface area contributed by atoms with Crippen LogP contribution in [0.3, 0.4) is 0 Å². The van der Waals surface area contributed by atoms with Crippen molar-refractivity contribution in [1.29, 1.82) is 0 Å². The second-order valence-electron chi connectivity index (χ2n) is 5.89. The number of ether oxygens (including phenoxy) is 1. The first-order valence-corrected chi connectivity index (χ1v) is 7.37. The minimum absolute atomic E-state index is 0.109. The molecule has 0 aromatic carbocycles. The maximum Gasteiger partial charge on any atom is 0.251 e. The number of aliphatic hydroxyl groups excluding tert-OH is 1. The van der Waals surface area contributed by atoms with E-state index in [0.29, 0.717) is 12.5 Å². The normalized spacial score (nSPS) is 24.3. The minimum atomic E-state index is -0.316. The molecule has 5 nitrogen and oxygen atoms in total. The van der Waals surface area contributed by atoms with Crippen LogP contribution >= 0.6 is 0 Å². The van der Waals surface area contributed by atoms with E-state index in [2.05, 4.69) is 4.90 Å². The molecule has 2 fully saturated rings. The molecule has 1 aliphatic carbocycles. The minimum Gasteiger partial charge on any atom is -0.392 e. The third-order valence-corrected chi connectivity index (χ3v) is 3.83. The van der Waals surface area contributed by atoms with Crippen LogP contribution < -0.4 is 0 Å². The fraction of sp³-hybridized carbons (Fsp3) is 0.929. The summed E-state index contributed by atoms with van der Waals surface area (Å²) in [5, 5.41) is 9.35. The number of aliphatic hydroxyl groups is 1. The van der Waals surface area contributed by atoms with Crippen molar-refractivity contribution in [3.8, 4) is 0 Å². The van der Waals surface area contributed by atoms with Crippen molar-refractivity contribution < 1.29 is 14.6 Å². The van der Waals surface area contributed by atoms with Crippen molar-refractivity contribution >= 4 is 5.91 Å². The summed E-state index contributed by atoms with van der Waals surface area (Å²) in [4.78, 5) is 16.3. The van der Waals surface area contributed by atoms with Gasteiger partial charge in [0.1, 0.15) is 6.10 Å². The predicted molar refractivity (Wildman–Crippen MR) is 72.8 cm³/mol. The van der Waals surface area contributed by atoms with Crippen LogP contribution in [0.1, 0.15) is 26.7 Å². The van der Waals surface area contributed by atoms with Crippen LogP contribution in [0.2, 0.25) is 0 Å². The van der Waals surface area contributed by atoms with Crippen molar-refractivity contribution in [2.45, 2.75) is 38.9 Å². The van der Waals surface area contributed by atoms with Crippen molar-refractivity contribution in [2.75, 3.05) is 39.3 Å². The van der Waals surface area contributed by atoms with Gasteiger partial charge in [0.05, 0.1) is 12.7 Å². The SMILES string of the molecule is C[C@H](O)CN1CCN(C(=O)[C@@H](C)OCC2CC2)CC1. The van der Waals surface area contributed by atoms with Gasteiger partial charge < -0.3 is 14.7 Å². The van der Waals surface area contributed by atoms with Gasteiger partial charge in [-0.2, -0.15) is 0 Å². The molecule has 1 saturated carbocycles. The molecule has 0 aromatic heterocycles. The van der Waals surface area contributed by atoms with Crippen LogP contribution in [-0.4, -0.2) is 72.4 Å². The van der Waals surface area contributed by atoms with E-state index in [0.717, 1.165) is 32.8 Å². The number of hydrogen-bond donors (Lipinski definition) is 1. The topological polar surface area (TPSA) is 53.0 Å². The molecule has 1 N–H and O–H groups in total. The molecule has 2 atom stereocenters. The molecule has 2 rings (SSSR count). The summed E-state index contributed by atoms with van der Waals surface area (Å²) in [6.07, 6.45) is 1.88. The molecule has 0 unspecified atom stereocenters. The highest BCUT2D eigenvalue weighted by molar-refractivity contribution is 5.80. The van der Waals surface area contributed by atoms with Gasteiger partial charge in [0.15, 0.2) is 0 Å². The van der Waals surface area contributed by atoms with Crippen LogP contribution in [0.15, 0.2) is 0 Å². The van der Waals surface area contributed by atoms with Gasteiger partial charge >= 0.3 is 0 Å². The number of β-amino-alcohol motifs (C(OH)–C–C–N with tert-alkyl or cyclic N) is 1. The van der Waals surface area contributed by atoms with Crippen LogP contribution in [-0.2, 0) is 9.53 Å². The van der Waals surface area contributed by atoms with Crippen LogP contribution in [0, 0.1) is 5.92 Å². The second kappa shape index (κ2) is 6.68. The van der Waals surface area contributed by atoms with Crippen LogP contribution in [0.4, 0.5) is 0 Å². The zero-order valence-electron chi connectivity index (χ0n) is 12.0.